The van der Waals surface area contributed by atoms with Crippen molar-refractivity contribution in [1.29, 1.82) is 0 Å². The molecule has 46 heavy (non-hydrogen) atoms. The molecule has 0 radical (unpaired) electrons. The van der Waals surface area contributed by atoms with Crippen LogP contribution in [0.4, 0.5) is 22.1 Å². The van der Waals surface area contributed by atoms with Gasteiger partial charge in [-0.25, -0.2) is 9.78 Å². The van der Waals surface area contributed by atoms with Crippen molar-refractivity contribution in [3.05, 3.63) is 37.4 Å². The van der Waals surface area contributed by atoms with Crippen LogP contribution in [0.2, 0.25) is 0 Å². The molecule has 1 unspecified atom stereocenters. The number of carbonyl (C=O) groups is 3. The maximum absolute atomic E-state index is 13.9. The molecule has 1 aliphatic carbocycles. The highest BCUT2D eigenvalue weighted by Crippen LogP contribution is 2.41. The molecule has 1 saturated carbocycles. The second-order valence-corrected chi connectivity index (χ2v) is 12.4. The van der Waals surface area contributed by atoms with Gasteiger partial charge in [0.2, 0.25) is 5.91 Å². The van der Waals surface area contributed by atoms with E-state index in [0.29, 0.717) is 58.7 Å². The maximum atomic E-state index is 13.9. The van der Waals surface area contributed by atoms with Crippen LogP contribution in [-0.4, -0.2) is 111 Å². The fraction of sp³-hybridized carbons (Fsp3) is 0.657. The zero-order valence-electron chi connectivity index (χ0n) is 28.3. The number of rotatable bonds is 14. The Morgan fingerprint density at radius 3 is 2.22 bits per heavy atom. The first-order valence-electron chi connectivity index (χ1n) is 17.2. The number of pyridine rings is 1. The first-order valence-corrected chi connectivity index (χ1v) is 17.2. The third-order valence-corrected chi connectivity index (χ3v) is 9.62. The van der Waals surface area contributed by atoms with E-state index in [4.69, 9.17) is 14.5 Å². The van der Waals surface area contributed by atoms with Gasteiger partial charge in [-0.2, -0.15) is 0 Å². The lowest BCUT2D eigenvalue weighted by Gasteiger charge is -2.39. The number of carbonyl (C=O) groups excluding carboxylic acids is 3. The molecule has 0 N–H and O–H groups in total. The smallest absolute Gasteiger partial charge is 0.409 e. The Bertz CT molecular complexity index is 1210. The predicted molar refractivity (Wildman–Crippen MR) is 182 cm³/mol. The number of amides is 2. The molecular formula is C35H54N6O5. The summed E-state index contributed by atoms with van der Waals surface area (Å²) in [7, 11) is 0. The van der Waals surface area contributed by atoms with Gasteiger partial charge in [0.15, 0.2) is 5.82 Å². The van der Waals surface area contributed by atoms with Crippen molar-refractivity contribution >= 4 is 35.3 Å². The number of piperazine rings is 1. The van der Waals surface area contributed by atoms with Gasteiger partial charge in [-0.3, -0.25) is 9.59 Å². The number of esters is 1. The molecule has 1 aromatic rings. The van der Waals surface area contributed by atoms with Crippen LogP contribution in [0, 0.1) is 5.41 Å². The lowest BCUT2D eigenvalue weighted by atomic mass is 9.72. The summed E-state index contributed by atoms with van der Waals surface area (Å²) < 4.78 is 11.2. The second kappa shape index (κ2) is 16.7. The highest BCUT2D eigenvalue weighted by molar-refractivity contribution is 6.03. The Kier molecular flexibility index (Phi) is 12.7. The van der Waals surface area contributed by atoms with Crippen molar-refractivity contribution in [2.75, 3.05) is 86.8 Å². The van der Waals surface area contributed by atoms with E-state index in [1.807, 2.05) is 12.2 Å². The summed E-state index contributed by atoms with van der Waals surface area (Å²) in [5.74, 6) is 1.23. The molecule has 0 bridgehead atoms. The quantitative estimate of drug-likeness (QED) is 0.161. The molecule has 0 spiro atoms. The van der Waals surface area contributed by atoms with E-state index in [2.05, 4.69) is 53.8 Å². The number of hydrogen-bond donors (Lipinski definition) is 0. The molecule has 1 aromatic heterocycles. The lowest BCUT2D eigenvalue weighted by molar-refractivity contribution is -0.168. The van der Waals surface area contributed by atoms with E-state index in [0.717, 1.165) is 62.5 Å². The van der Waals surface area contributed by atoms with Gasteiger partial charge in [0.25, 0.3) is 0 Å². The summed E-state index contributed by atoms with van der Waals surface area (Å²) in [6.45, 7) is 20.1. The van der Waals surface area contributed by atoms with Gasteiger partial charge in [0.1, 0.15) is 17.8 Å². The number of anilines is 3. The van der Waals surface area contributed by atoms with Crippen LogP contribution in [0.5, 0.6) is 0 Å². The topological polar surface area (TPSA) is 98.8 Å². The summed E-state index contributed by atoms with van der Waals surface area (Å²) in [6.07, 6.45) is 8.71. The molecule has 1 atom stereocenters. The van der Waals surface area contributed by atoms with Gasteiger partial charge >= 0.3 is 12.1 Å². The molecule has 254 valence electrons. The largest absolute Gasteiger partial charge is 0.465 e. The fourth-order valence-corrected chi connectivity index (χ4v) is 7.02. The Hall–Kier alpha value is -3.76. The first-order chi connectivity index (χ1) is 22.3. The molecular weight excluding hydrogens is 584 g/mol. The third kappa shape index (κ3) is 7.78. The number of nitrogens with zero attached hydrogens (tertiary/aromatic N) is 6. The Morgan fingerprint density at radius 2 is 1.59 bits per heavy atom. The van der Waals surface area contributed by atoms with Crippen LogP contribution in [-0.2, 0) is 19.1 Å². The first kappa shape index (κ1) is 35.1. The van der Waals surface area contributed by atoms with Crippen LogP contribution < -0.4 is 14.7 Å². The minimum atomic E-state index is -1.11. The summed E-state index contributed by atoms with van der Waals surface area (Å²) >= 11 is 0. The van der Waals surface area contributed by atoms with Gasteiger partial charge < -0.3 is 34.0 Å². The molecule has 3 aliphatic rings. The Labute approximate surface area is 275 Å². The summed E-state index contributed by atoms with van der Waals surface area (Å²) in [5.41, 5.74) is -0.0679. The van der Waals surface area contributed by atoms with Crippen molar-refractivity contribution < 1.29 is 23.9 Å². The van der Waals surface area contributed by atoms with Crippen molar-refractivity contribution in [2.24, 2.45) is 5.41 Å². The molecule has 3 fully saturated rings. The second-order valence-electron chi connectivity index (χ2n) is 12.4. The highest BCUT2D eigenvalue weighted by Gasteiger charge is 2.51. The number of likely N-dealkylation sites (tertiary alicyclic amines) is 1. The van der Waals surface area contributed by atoms with Crippen molar-refractivity contribution in [3.8, 4) is 0 Å². The molecule has 0 aromatic carbocycles. The van der Waals surface area contributed by atoms with E-state index >= 15 is 0 Å². The van der Waals surface area contributed by atoms with Crippen molar-refractivity contribution in [3.63, 3.8) is 0 Å². The van der Waals surface area contributed by atoms with E-state index in [-0.39, 0.29) is 31.3 Å². The monoisotopic (exact) mass is 638 g/mol. The summed E-state index contributed by atoms with van der Waals surface area (Å²) in [5, 5.41) is 0. The van der Waals surface area contributed by atoms with Crippen molar-refractivity contribution in [2.45, 2.75) is 71.8 Å². The van der Waals surface area contributed by atoms with E-state index in [1.54, 1.807) is 16.7 Å². The van der Waals surface area contributed by atoms with Crippen LogP contribution in [0.15, 0.2) is 37.4 Å². The van der Waals surface area contributed by atoms with Gasteiger partial charge in [-0.1, -0.05) is 31.4 Å². The number of likely N-dealkylation sites (N-methyl/N-ethyl adjacent to an activating group) is 2. The SMILES string of the molecule is C=CCN(CC)c1ccc(N(CC)CC=C)c(N2CCN(C(=O)OCC3CCCN3C(=O)C3(C(=O)OCC)CCCCC3)CC2)n1. The van der Waals surface area contributed by atoms with Crippen LogP contribution in [0.1, 0.15) is 65.7 Å². The molecule has 11 heteroatoms. The molecule has 3 heterocycles. The third-order valence-electron chi connectivity index (χ3n) is 9.62. The number of hydrogen-bond acceptors (Lipinski definition) is 9. The van der Waals surface area contributed by atoms with Gasteiger partial charge in [-0.05, 0) is 58.6 Å². The molecule has 11 nitrogen and oxygen atoms in total. The predicted octanol–water partition coefficient (Wildman–Crippen LogP) is 4.87. The van der Waals surface area contributed by atoms with Gasteiger partial charge in [-0.15, -0.1) is 13.2 Å². The molecule has 2 aliphatic heterocycles. The number of ether oxygens (including phenoxy) is 2. The van der Waals surface area contributed by atoms with E-state index in [9.17, 15) is 14.4 Å². The summed E-state index contributed by atoms with van der Waals surface area (Å²) in [4.78, 5) is 55.5. The van der Waals surface area contributed by atoms with Gasteiger partial charge in [0.05, 0.1) is 18.3 Å². The van der Waals surface area contributed by atoms with E-state index < -0.39 is 11.4 Å². The molecule has 2 saturated heterocycles. The summed E-state index contributed by atoms with van der Waals surface area (Å²) in [6, 6.07) is 3.96. The minimum absolute atomic E-state index is 0.126. The van der Waals surface area contributed by atoms with Gasteiger partial charge in [0, 0.05) is 58.9 Å². The number of aromatic nitrogens is 1. The maximum Gasteiger partial charge on any atom is 0.409 e. The van der Waals surface area contributed by atoms with E-state index in [1.165, 1.54) is 0 Å². The van der Waals surface area contributed by atoms with Crippen molar-refractivity contribution in [1.82, 2.24) is 14.8 Å². The average molecular weight is 639 g/mol. The highest BCUT2D eigenvalue weighted by atomic mass is 16.6. The van der Waals surface area contributed by atoms with Crippen LogP contribution >= 0.6 is 0 Å². The fourth-order valence-electron chi connectivity index (χ4n) is 7.02. The standard InChI is InChI=1S/C35H54N6O5/c1-6-20-37(8-3)29-16-17-30(38(9-4)21-7-2)36-31(29)39-23-25-40(26-24-39)34(44)46-27-28-15-14-22-41(28)32(42)35(33(43)45-10-5)18-12-11-13-19-35/h6-7,16-17,28H,1-2,8-15,18-27H2,3-5H3. The molecule has 2 amide bonds. The lowest BCUT2D eigenvalue weighted by Crippen LogP contribution is -2.53. The zero-order chi connectivity index (χ0) is 33.1. The Morgan fingerprint density at radius 1 is 0.913 bits per heavy atom. The normalized spacial score (nSPS) is 19.4. The Balaban J connectivity index is 1.40. The minimum Gasteiger partial charge on any atom is -0.465 e. The zero-order valence-corrected chi connectivity index (χ0v) is 28.3. The van der Waals surface area contributed by atoms with Crippen LogP contribution in [0.25, 0.3) is 0 Å². The molecule has 4 rings (SSSR count). The van der Waals surface area contributed by atoms with Crippen LogP contribution in [0.3, 0.4) is 0 Å². The average Bonchev–Trinajstić information content (AvgIpc) is 3.57.